The molecule has 0 bridgehead atoms. The van der Waals surface area contributed by atoms with E-state index in [-0.39, 0.29) is 18.2 Å². The summed E-state index contributed by atoms with van der Waals surface area (Å²) in [6.07, 6.45) is 1.74. The molecule has 7 nitrogen and oxygen atoms in total. The monoisotopic (exact) mass is 487 g/mol. The summed E-state index contributed by atoms with van der Waals surface area (Å²) in [5.41, 5.74) is 4.36. The zero-order valence-corrected chi connectivity index (χ0v) is 19.9. The Kier molecular flexibility index (Phi) is 6.15. The highest BCUT2D eigenvalue weighted by Crippen LogP contribution is 2.33. The molecule has 0 spiro atoms. The molecule has 0 saturated carbocycles. The number of aromatic nitrogens is 1. The van der Waals surface area contributed by atoms with Crippen LogP contribution in [-0.4, -0.2) is 37.5 Å². The number of fused-ring (bicyclic) bond motifs is 1. The fourth-order valence-corrected chi connectivity index (χ4v) is 4.41. The third-order valence-corrected chi connectivity index (χ3v) is 6.21. The molecule has 1 aliphatic rings. The molecule has 1 aliphatic heterocycles. The Balaban J connectivity index is 1.60. The van der Waals surface area contributed by atoms with Gasteiger partial charge >= 0.3 is 0 Å². The van der Waals surface area contributed by atoms with Gasteiger partial charge in [-0.05, 0) is 48.0 Å². The van der Waals surface area contributed by atoms with Crippen molar-refractivity contribution in [1.82, 2.24) is 4.68 Å². The first-order valence-corrected chi connectivity index (χ1v) is 11.7. The van der Waals surface area contributed by atoms with E-state index in [1.165, 1.54) is 17.4 Å². The first-order chi connectivity index (χ1) is 17.0. The Hall–Kier alpha value is -4.24. The second-order valence-electron chi connectivity index (χ2n) is 8.06. The van der Waals surface area contributed by atoms with Gasteiger partial charge < -0.3 is 15.0 Å². The largest absolute Gasteiger partial charge is 0.482 e. The van der Waals surface area contributed by atoms with Gasteiger partial charge in [0.15, 0.2) is 6.61 Å². The lowest BCUT2D eigenvalue weighted by Gasteiger charge is -2.18. The maximum absolute atomic E-state index is 14.3. The van der Waals surface area contributed by atoms with Crippen LogP contribution in [0.4, 0.5) is 21.5 Å². The van der Waals surface area contributed by atoms with Crippen molar-refractivity contribution in [3.63, 3.8) is 0 Å². The summed E-state index contributed by atoms with van der Waals surface area (Å²) < 4.78 is 21.5. The Morgan fingerprint density at radius 3 is 2.69 bits per heavy atom. The van der Waals surface area contributed by atoms with Gasteiger partial charge in [-0.25, -0.2) is 14.1 Å². The van der Waals surface area contributed by atoms with Crippen molar-refractivity contribution in [3.05, 3.63) is 88.3 Å². The summed E-state index contributed by atoms with van der Waals surface area (Å²) in [4.78, 5) is 18.8. The van der Waals surface area contributed by atoms with Crippen LogP contribution in [0, 0.1) is 5.82 Å². The standard InChI is InChI=1S/C26H22FN5O2S/c1-31(2)19-10-7-17(8-11-19)14-28-32-23(16-35-26(32)30-21-6-4-3-5-20(21)27)18-9-12-24-22(13-18)29-25(33)15-34-24/h3-14,16H,15H2,1-2H3,(H,29,33). The number of halogens is 1. The Labute approximate surface area is 205 Å². The number of nitrogens with one attached hydrogen (secondary N) is 1. The molecule has 3 aromatic carbocycles. The van der Waals surface area contributed by atoms with Crippen molar-refractivity contribution >= 4 is 40.5 Å². The van der Waals surface area contributed by atoms with Gasteiger partial charge in [0.25, 0.3) is 5.91 Å². The number of rotatable bonds is 5. The number of benzene rings is 3. The number of anilines is 2. The minimum absolute atomic E-state index is 0.00658. The van der Waals surface area contributed by atoms with Gasteiger partial charge in [0.2, 0.25) is 4.80 Å². The molecule has 5 rings (SSSR count). The molecule has 176 valence electrons. The zero-order valence-electron chi connectivity index (χ0n) is 19.1. The molecule has 9 heteroatoms. The summed E-state index contributed by atoms with van der Waals surface area (Å²) in [5, 5.41) is 9.43. The second kappa shape index (κ2) is 9.55. The molecule has 1 N–H and O–H groups in total. The van der Waals surface area contributed by atoms with Crippen LogP contribution in [0.1, 0.15) is 5.56 Å². The minimum atomic E-state index is -0.411. The summed E-state index contributed by atoms with van der Waals surface area (Å²) in [5.74, 6) is -0.0101. The molecule has 4 aromatic rings. The van der Waals surface area contributed by atoms with Crippen LogP contribution in [0.2, 0.25) is 0 Å². The van der Waals surface area contributed by atoms with Crippen molar-refractivity contribution in [2.24, 2.45) is 10.1 Å². The van der Waals surface area contributed by atoms with Gasteiger partial charge in [0, 0.05) is 30.7 Å². The SMILES string of the molecule is CN(C)c1ccc(C=Nn2c(-c3ccc4c(c3)NC(=O)CO4)csc2=Nc2ccccc2F)cc1. The number of thiazole rings is 1. The number of para-hydroxylation sites is 1. The van der Waals surface area contributed by atoms with E-state index in [0.717, 1.165) is 22.5 Å². The van der Waals surface area contributed by atoms with Gasteiger partial charge in [-0.15, -0.1) is 11.3 Å². The van der Waals surface area contributed by atoms with Gasteiger partial charge in [0.05, 0.1) is 17.6 Å². The highest BCUT2D eigenvalue weighted by molar-refractivity contribution is 7.07. The van der Waals surface area contributed by atoms with Crippen LogP contribution in [-0.2, 0) is 4.79 Å². The van der Waals surface area contributed by atoms with Crippen LogP contribution in [0.5, 0.6) is 5.75 Å². The van der Waals surface area contributed by atoms with E-state index >= 15 is 0 Å². The third kappa shape index (κ3) is 4.85. The molecule has 35 heavy (non-hydrogen) atoms. The first-order valence-electron chi connectivity index (χ1n) is 10.9. The number of carbonyl (C=O) groups is 1. The molecule has 0 aliphatic carbocycles. The fraction of sp³-hybridized carbons (Fsp3) is 0.115. The molecular weight excluding hydrogens is 465 g/mol. The number of carbonyl (C=O) groups excluding carboxylic acids is 1. The Bertz CT molecular complexity index is 1490. The van der Waals surface area contributed by atoms with Gasteiger partial charge in [-0.3, -0.25) is 4.79 Å². The molecule has 1 amide bonds. The highest BCUT2D eigenvalue weighted by atomic mass is 32.1. The van der Waals surface area contributed by atoms with Crippen molar-refractivity contribution in [2.75, 3.05) is 30.9 Å². The predicted octanol–water partition coefficient (Wildman–Crippen LogP) is 4.87. The van der Waals surface area contributed by atoms with Crippen LogP contribution < -0.4 is 19.8 Å². The van der Waals surface area contributed by atoms with Gasteiger partial charge in [0.1, 0.15) is 17.3 Å². The highest BCUT2D eigenvalue weighted by Gasteiger charge is 2.18. The molecule has 0 fully saturated rings. The summed E-state index contributed by atoms with van der Waals surface area (Å²) in [7, 11) is 3.97. The molecular formula is C26H22FN5O2S. The normalized spacial score (nSPS) is 13.5. The average Bonchev–Trinajstić information content (AvgIpc) is 3.26. The maximum Gasteiger partial charge on any atom is 0.262 e. The first kappa shape index (κ1) is 22.5. The fourth-order valence-electron chi connectivity index (χ4n) is 3.56. The van der Waals surface area contributed by atoms with Crippen molar-refractivity contribution in [2.45, 2.75) is 0 Å². The van der Waals surface area contributed by atoms with E-state index in [9.17, 15) is 9.18 Å². The number of hydrogen-bond acceptors (Lipinski definition) is 6. The van der Waals surface area contributed by atoms with Crippen LogP contribution >= 0.6 is 11.3 Å². The lowest BCUT2D eigenvalue weighted by molar-refractivity contribution is -0.118. The molecule has 2 heterocycles. The van der Waals surface area contributed by atoms with E-state index in [1.54, 1.807) is 29.1 Å². The smallest absolute Gasteiger partial charge is 0.262 e. The number of nitrogens with zero attached hydrogens (tertiary/aromatic N) is 4. The molecule has 0 unspecified atom stereocenters. The third-order valence-electron chi connectivity index (χ3n) is 5.39. The van der Waals surface area contributed by atoms with Crippen molar-refractivity contribution in [1.29, 1.82) is 0 Å². The summed E-state index contributed by atoms with van der Waals surface area (Å²) in [6, 6.07) is 19.9. The topological polar surface area (TPSA) is 71.2 Å². The summed E-state index contributed by atoms with van der Waals surface area (Å²) >= 11 is 1.34. The number of ether oxygens (including phenoxy) is 1. The minimum Gasteiger partial charge on any atom is -0.482 e. The van der Waals surface area contributed by atoms with E-state index in [1.807, 2.05) is 66.8 Å². The van der Waals surface area contributed by atoms with E-state index in [4.69, 9.17) is 9.84 Å². The second-order valence-corrected chi connectivity index (χ2v) is 8.89. The van der Waals surface area contributed by atoms with Crippen LogP contribution in [0.15, 0.2) is 82.2 Å². The quantitative estimate of drug-likeness (QED) is 0.409. The predicted molar refractivity (Wildman–Crippen MR) is 137 cm³/mol. The molecule has 1 aromatic heterocycles. The Morgan fingerprint density at radius 1 is 1.11 bits per heavy atom. The average molecular weight is 488 g/mol. The number of amides is 1. The van der Waals surface area contributed by atoms with E-state index in [2.05, 4.69) is 10.3 Å². The van der Waals surface area contributed by atoms with Crippen LogP contribution in [0.3, 0.4) is 0 Å². The maximum atomic E-state index is 14.3. The molecule has 0 atom stereocenters. The van der Waals surface area contributed by atoms with Gasteiger partial charge in [-0.1, -0.05) is 24.3 Å². The zero-order chi connectivity index (χ0) is 24.4. The van der Waals surface area contributed by atoms with Crippen molar-refractivity contribution < 1.29 is 13.9 Å². The lowest BCUT2D eigenvalue weighted by Crippen LogP contribution is -2.25. The molecule has 0 saturated heterocycles. The molecule has 0 radical (unpaired) electrons. The van der Waals surface area contributed by atoms with E-state index in [0.29, 0.717) is 16.2 Å². The summed E-state index contributed by atoms with van der Waals surface area (Å²) in [6.45, 7) is -0.00658. The Morgan fingerprint density at radius 2 is 1.91 bits per heavy atom. The van der Waals surface area contributed by atoms with Gasteiger partial charge in [-0.2, -0.15) is 5.10 Å². The van der Waals surface area contributed by atoms with E-state index < -0.39 is 5.82 Å². The lowest BCUT2D eigenvalue weighted by atomic mass is 10.1. The number of hydrogen-bond donors (Lipinski definition) is 1. The van der Waals surface area contributed by atoms with Crippen LogP contribution in [0.25, 0.3) is 11.3 Å². The van der Waals surface area contributed by atoms with Crippen molar-refractivity contribution in [3.8, 4) is 17.0 Å².